The van der Waals surface area contributed by atoms with E-state index in [1.807, 2.05) is 47.5 Å². The standard InChI is InChI=1S/C20H22N8/c1-2-20-26-19(14-28(20)13-16(1)17-10-23-24-11-17)25-18-9-15(3-4-22-18)12-27-7-5-21-6-8-27/h1-4,9-11,13-14,21H,5-8,12H2,(H,22,25)(H,23,24). The molecule has 0 amide bonds. The van der Waals surface area contributed by atoms with Crippen molar-refractivity contribution in [2.24, 2.45) is 0 Å². The number of nitrogens with zero attached hydrogens (tertiary/aromatic N) is 5. The number of rotatable bonds is 5. The minimum Gasteiger partial charge on any atom is -0.324 e. The molecule has 1 aliphatic rings. The minimum atomic E-state index is 0.774. The number of aromatic amines is 1. The highest BCUT2D eigenvalue weighted by Gasteiger charge is 2.11. The molecule has 0 aromatic carbocycles. The largest absolute Gasteiger partial charge is 0.324 e. The normalized spacial score (nSPS) is 15.1. The second kappa shape index (κ2) is 7.41. The molecule has 1 fully saturated rings. The monoisotopic (exact) mass is 374 g/mol. The maximum atomic E-state index is 4.65. The van der Waals surface area contributed by atoms with Crippen LogP contribution in [0.3, 0.4) is 0 Å². The van der Waals surface area contributed by atoms with Crippen LogP contribution in [0.5, 0.6) is 0 Å². The molecule has 8 heteroatoms. The molecule has 28 heavy (non-hydrogen) atoms. The van der Waals surface area contributed by atoms with E-state index in [1.165, 1.54) is 5.56 Å². The third kappa shape index (κ3) is 3.60. The zero-order valence-corrected chi connectivity index (χ0v) is 15.5. The summed E-state index contributed by atoms with van der Waals surface area (Å²) in [4.78, 5) is 11.6. The van der Waals surface area contributed by atoms with E-state index >= 15 is 0 Å². The number of hydrogen-bond donors (Lipinski definition) is 3. The highest BCUT2D eigenvalue weighted by atomic mass is 15.2. The Kier molecular flexibility index (Phi) is 4.48. The molecule has 0 saturated carbocycles. The predicted molar refractivity (Wildman–Crippen MR) is 108 cm³/mol. The molecule has 142 valence electrons. The minimum absolute atomic E-state index is 0.774. The summed E-state index contributed by atoms with van der Waals surface area (Å²) < 4.78 is 2.01. The zero-order chi connectivity index (χ0) is 18.8. The summed E-state index contributed by atoms with van der Waals surface area (Å²) in [7, 11) is 0. The van der Waals surface area contributed by atoms with Crippen LogP contribution in [0.15, 0.2) is 55.2 Å². The molecule has 0 aliphatic carbocycles. The second-order valence-corrected chi connectivity index (χ2v) is 7.00. The first-order valence-corrected chi connectivity index (χ1v) is 9.46. The third-order valence-corrected chi connectivity index (χ3v) is 4.98. The van der Waals surface area contributed by atoms with Gasteiger partial charge in [0.1, 0.15) is 11.5 Å². The molecule has 8 nitrogen and oxygen atoms in total. The van der Waals surface area contributed by atoms with Crippen molar-refractivity contribution in [3.05, 3.63) is 60.8 Å². The van der Waals surface area contributed by atoms with Gasteiger partial charge in [-0.15, -0.1) is 0 Å². The van der Waals surface area contributed by atoms with Crippen LogP contribution in [-0.4, -0.2) is 55.6 Å². The van der Waals surface area contributed by atoms with E-state index in [2.05, 4.69) is 47.8 Å². The van der Waals surface area contributed by atoms with E-state index in [0.29, 0.717) is 0 Å². The summed E-state index contributed by atoms with van der Waals surface area (Å²) in [5.74, 6) is 1.59. The zero-order valence-electron chi connectivity index (χ0n) is 15.5. The van der Waals surface area contributed by atoms with Crippen molar-refractivity contribution in [1.82, 2.24) is 34.8 Å². The molecule has 4 aromatic heterocycles. The van der Waals surface area contributed by atoms with Crippen molar-refractivity contribution in [2.45, 2.75) is 6.54 Å². The van der Waals surface area contributed by atoms with Gasteiger partial charge in [0.15, 0.2) is 5.82 Å². The van der Waals surface area contributed by atoms with E-state index < -0.39 is 0 Å². The molecule has 5 rings (SSSR count). The van der Waals surface area contributed by atoms with Gasteiger partial charge in [0.05, 0.1) is 12.4 Å². The molecule has 0 spiro atoms. The fourth-order valence-corrected chi connectivity index (χ4v) is 3.53. The van der Waals surface area contributed by atoms with Crippen LogP contribution in [0.2, 0.25) is 0 Å². The van der Waals surface area contributed by atoms with E-state index in [-0.39, 0.29) is 0 Å². The molecular weight excluding hydrogens is 352 g/mol. The first-order valence-electron chi connectivity index (χ1n) is 9.46. The van der Waals surface area contributed by atoms with Crippen molar-refractivity contribution in [1.29, 1.82) is 0 Å². The Morgan fingerprint density at radius 1 is 1.04 bits per heavy atom. The van der Waals surface area contributed by atoms with Gasteiger partial charge < -0.3 is 15.0 Å². The fourth-order valence-electron chi connectivity index (χ4n) is 3.53. The van der Waals surface area contributed by atoms with Crippen LogP contribution in [0.1, 0.15) is 5.56 Å². The van der Waals surface area contributed by atoms with Crippen LogP contribution in [-0.2, 0) is 6.54 Å². The molecule has 5 heterocycles. The summed E-state index contributed by atoms with van der Waals surface area (Å²) in [6, 6.07) is 8.22. The number of hydrogen-bond acceptors (Lipinski definition) is 6. The summed E-state index contributed by atoms with van der Waals surface area (Å²) in [6.45, 7) is 5.21. The lowest BCUT2D eigenvalue weighted by Gasteiger charge is -2.27. The highest BCUT2D eigenvalue weighted by Crippen LogP contribution is 2.21. The molecule has 3 N–H and O–H groups in total. The van der Waals surface area contributed by atoms with Crippen molar-refractivity contribution < 1.29 is 0 Å². The van der Waals surface area contributed by atoms with Crippen LogP contribution in [0.25, 0.3) is 16.8 Å². The van der Waals surface area contributed by atoms with E-state index in [4.69, 9.17) is 0 Å². The number of nitrogens with one attached hydrogen (secondary N) is 3. The van der Waals surface area contributed by atoms with Gasteiger partial charge in [-0.05, 0) is 29.8 Å². The van der Waals surface area contributed by atoms with Crippen molar-refractivity contribution in [3.63, 3.8) is 0 Å². The highest BCUT2D eigenvalue weighted by molar-refractivity contribution is 5.65. The Hall–Kier alpha value is -3.23. The molecule has 1 aliphatic heterocycles. The Morgan fingerprint density at radius 3 is 2.82 bits per heavy atom. The second-order valence-electron chi connectivity index (χ2n) is 7.00. The van der Waals surface area contributed by atoms with Crippen LogP contribution >= 0.6 is 0 Å². The number of aromatic nitrogens is 5. The van der Waals surface area contributed by atoms with E-state index in [0.717, 1.165) is 61.1 Å². The topological polar surface area (TPSA) is 86.2 Å². The number of H-pyrrole nitrogens is 1. The van der Waals surface area contributed by atoms with Gasteiger partial charge in [0, 0.05) is 62.4 Å². The Bertz CT molecular complexity index is 1060. The lowest BCUT2D eigenvalue weighted by molar-refractivity contribution is 0.233. The average molecular weight is 374 g/mol. The number of imidazole rings is 1. The summed E-state index contributed by atoms with van der Waals surface area (Å²) in [5, 5.41) is 13.6. The average Bonchev–Trinajstić information content (AvgIpc) is 3.38. The fraction of sp³-hybridized carbons (Fsp3) is 0.250. The molecular formula is C20H22N8. The first kappa shape index (κ1) is 16.9. The number of piperazine rings is 1. The van der Waals surface area contributed by atoms with Gasteiger partial charge in [-0.25, -0.2) is 9.97 Å². The summed E-state index contributed by atoms with van der Waals surface area (Å²) >= 11 is 0. The first-order chi connectivity index (χ1) is 13.8. The Morgan fingerprint density at radius 2 is 1.96 bits per heavy atom. The predicted octanol–water partition coefficient (Wildman–Crippen LogP) is 2.27. The number of fused-ring (bicyclic) bond motifs is 1. The van der Waals surface area contributed by atoms with Gasteiger partial charge in [-0.3, -0.25) is 10.00 Å². The number of anilines is 2. The van der Waals surface area contributed by atoms with Gasteiger partial charge in [-0.2, -0.15) is 5.10 Å². The molecule has 0 radical (unpaired) electrons. The molecule has 4 aromatic rings. The van der Waals surface area contributed by atoms with Gasteiger partial charge in [0.25, 0.3) is 0 Å². The SMILES string of the molecule is c1cc(CN2CCNCC2)cc(Nc2cn3cc(-c4cn[nH]c4)ccc3n2)n1. The van der Waals surface area contributed by atoms with Gasteiger partial charge in [0.2, 0.25) is 0 Å². The molecule has 0 unspecified atom stereocenters. The Balaban J connectivity index is 1.34. The van der Waals surface area contributed by atoms with Crippen LogP contribution in [0.4, 0.5) is 11.6 Å². The maximum Gasteiger partial charge on any atom is 0.150 e. The van der Waals surface area contributed by atoms with Crippen molar-refractivity contribution in [3.8, 4) is 11.1 Å². The lowest BCUT2D eigenvalue weighted by Crippen LogP contribution is -2.42. The lowest BCUT2D eigenvalue weighted by atomic mass is 10.2. The number of pyridine rings is 2. The summed E-state index contributed by atoms with van der Waals surface area (Å²) in [6.07, 6.45) is 9.57. The molecule has 1 saturated heterocycles. The third-order valence-electron chi connectivity index (χ3n) is 4.98. The maximum absolute atomic E-state index is 4.65. The van der Waals surface area contributed by atoms with Gasteiger partial charge in [-0.1, -0.05) is 0 Å². The smallest absolute Gasteiger partial charge is 0.150 e. The van der Waals surface area contributed by atoms with E-state index in [9.17, 15) is 0 Å². The van der Waals surface area contributed by atoms with Crippen LogP contribution < -0.4 is 10.6 Å². The quantitative estimate of drug-likeness (QED) is 0.497. The summed E-state index contributed by atoms with van der Waals surface area (Å²) in [5.41, 5.74) is 4.27. The Labute approximate surface area is 162 Å². The van der Waals surface area contributed by atoms with Crippen LogP contribution in [0, 0.1) is 0 Å². The molecule has 0 bridgehead atoms. The van der Waals surface area contributed by atoms with Crippen molar-refractivity contribution >= 4 is 17.3 Å². The van der Waals surface area contributed by atoms with Gasteiger partial charge >= 0.3 is 0 Å². The van der Waals surface area contributed by atoms with E-state index in [1.54, 1.807) is 0 Å². The van der Waals surface area contributed by atoms with Crippen molar-refractivity contribution in [2.75, 3.05) is 31.5 Å². The molecule has 0 atom stereocenters.